The van der Waals surface area contributed by atoms with Crippen molar-refractivity contribution in [1.29, 1.82) is 0 Å². The van der Waals surface area contributed by atoms with E-state index in [4.69, 9.17) is 33.4 Å². The van der Waals surface area contributed by atoms with Crippen LogP contribution < -0.4 is 23.7 Å². The molecule has 2 aromatic carbocycles. The van der Waals surface area contributed by atoms with Gasteiger partial charge in [0.15, 0.2) is 23.0 Å². The number of hydrogen-bond donors (Lipinski definition) is 0. The zero-order valence-corrected chi connectivity index (χ0v) is 23.5. The average Bonchev–Trinajstić information content (AvgIpc) is 2.95. The molecule has 1 fully saturated rings. The monoisotopic (exact) mass is 537 g/mol. The number of Topliss-reactive ketones (excluding diaryl/α,β-unsaturated/α-hetero) is 1. The predicted molar refractivity (Wildman–Crippen MR) is 146 cm³/mol. The summed E-state index contributed by atoms with van der Waals surface area (Å²) in [5, 5.41) is 0. The van der Waals surface area contributed by atoms with Gasteiger partial charge in [0.1, 0.15) is 5.78 Å². The Morgan fingerprint density at radius 3 is 2.05 bits per heavy atom. The smallest absolute Gasteiger partial charge is 0.336 e. The van der Waals surface area contributed by atoms with Crippen LogP contribution in [-0.4, -0.2) is 59.6 Å². The van der Waals surface area contributed by atoms with Crippen molar-refractivity contribution >= 4 is 17.5 Å². The Morgan fingerprint density at radius 1 is 0.846 bits per heavy atom. The van der Waals surface area contributed by atoms with Crippen molar-refractivity contribution in [1.82, 2.24) is 0 Å². The van der Waals surface area contributed by atoms with E-state index in [1.807, 2.05) is 25.1 Å². The first kappa shape index (κ1) is 28.0. The molecule has 0 aromatic heterocycles. The molecule has 208 valence electrons. The second kappa shape index (κ2) is 11.8. The highest BCUT2D eigenvalue weighted by atomic mass is 16.5. The van der Waals surface area contributed by atoms with Gasteiger partial charge in [-0.3, -0.25) is 9.79 Å². The lowest BCUT2D eigenvalue weighted by Gasteiger charge is -2.38. The van der Waals surface area contributed by atoms with Gasteiger partial charge >= 0.3 is 5.97 Å². The minimum Gasteiger partial charge on any atom is -0.493 e. The van der Waals surface area contributed by atoms with Crippen molar-refractivity contribution in [3.05, 3.63) is 52.7 Å². The molecular weight excluding hydrogens is 502 g/mol. The van der Waals surface area contributed by atoms with Crippen LogP contribution >= 0.6 is 0 Å². The number of ether oxygens (including phenoxy) is 6. The van der Waals surface area contributed by atoms with E-state index in [1.165, 1.54) is 28.4 Å². The molecule has 1 unspecified atom stereocenters. The van der Waals surface area contributed by atoms with E-state index in [2.05, 4.69) is 0 Å². The normalized spacial score (nSPS) is 20.5. The minimum atomic E-state index is -0.633. The van der Waals surface area contributed by atoms with E-state index >= 15 is 0 Å². The molecule has 39 heavy (non-hydrogen) atoms. The van der Waals surface area contributed by atoms with Crippen LogP contribution in [0.3, 0.4) is 0 Å². The summed E-state index contributed by atoms with van der Waals surface area (Å²) in [5.74, 6) is 0.676. The lowest BCUT2D eigenvalue weighted by molar-refractivity contribution is -0.136. The maximum atomic E-state index is 13.9. The maximum absolute atomic E-state index is 13.9. The highest BCUT2D eigenvalue weighted by Crippen LogP contribution is 2.49. The van der Waals surface area contributed by atoms with Crippen LogP contribution in [0.5, 0.6) is 28.7 Å². The van der Waals surface area contributed by atoms with Gasteiger partial charge in [0.2, 0.25) is 5.75 Å². The van der Waals surface area contributed by atoms with Crippen molar-refractivity contribution in [2.24, 2.45) is 10.9 Å². The zero-order valence-electron chi connectivity index (χ0n) is 23.5. The van der Waals surface area contributed by atoms with Crippen molar-refractivity contribution in [3.8, 4) is 28.7 Å². The number of carbonyl (C=O) groups is 2. The predicted octanol–water partition coefficient (Wildman–Crippen LogP) is 4.87. The van der Waals surface area contributed by atoms with Crippen LogP contribution in [0.15, 0.2) is 46.6 Å². The molecule has 1 heterocycles. The molecule has 0 spiro atoms. The molecular formula is C30H35NO8. The van der Waals surface area contributed by atoms with Crippen molar-refractivity contribution in [3.63, 3.8) is 0 Å². The fourth-order valence-electron chi connectivity index (χ4n) is 5.64. The lowest BCUT2D eigenvalue weighted by Crippen LogP contribution is -2.41. The van der Waals surface area contributed by atoms with Gasteiger partial charge in [0, 0.05) is 23.7 Å². The number of allylic oxidation sites excluding steroid dienone is 1. The van der Waals surface area contributed by atoms with Gasteiger partial charge < -0.3 is 28.4 Å². The quantitative estimate of drug-likeness (QED) is 0.418. The molecule has 4 rings (SSSR count). The molecule has 0 radical (unpaired) electrons. The number of esters is 1. The van der Waals surface area contributed by atoms with E-state index in [-0.39, 0.29) is 18.1 Å². The van der Waals surface area contributed by atoms with Crippen LogP contribution in [0.1, 0.15) is 49.7 Å². The molecule has 0 saturated heterocycles. The molecule has 2 aromatic rings. The van der Waals surface area contributed by atoms with Crippen LogP contribution in [-0.2, 0) is 14.3 Å². The van der Waals surface area contributed by atoms with E-state index in [1.54, 1.807) is 26.2 Å². The highest BCUT2D eigenvalue weighted by Gasteiger charge is 2.46. The number of rotatable bonds is 9. The molecule has 0 amide bonds. The van der Waals surface area contributed by atoms with Crippen LogP contribution in [0, 0.1) is 5.92 Å². The van der Waals surface area contributed by atoms with E-state index in [0.29, 0.717) is 58.6 Å². The van der Waals surface area contributed by atoms with Gasteiger partial charge in [-0.2, -0.15) is 0 Å². The Bertz CT molecular complexity index is 1300. The largest absolute Gasteiger partial charge is 0.493 e. The van der Waals surface area contributed by atoms with E-state index < -0.39 is 17.8 Å². The van der Waals surface area contributed by atoms with Crippen LogP contribution in [0.25, 0.3) is 0 Å². The second-order valence-corrected chi connectivity index (χ2v) is 9.42. The standard InChI is InChI=1S/C30H35NO8/c1-8-39-22-10-9-17(13-23(22)34-3)18-11-20-28(21(32)12-18)27(26(16(2)31-20)30(33)38-7)19-14-24(35-4)29(37-6)25(15-19)36-5/h9-10,13-15,18,27-28H,8,11-12H2,1-7H3/t18-,27-,28?/m0/s1. The highest BCUT2D eigenvalue weighted by molar-refractivity contribution is 6.12. The fraction of sp³-hybridized carbons (Fsp3) is 0.433. The summed E-state index contributed by atoms with van der Waals surface area (Å²) in [4.78, 5) is 31.8. The number of methoxy groups -OCH3 is 5. The third-order valence-corrected chi connectivity index (χ3v) is 7.36. The van der Waals surface area contributed by atoms with Gasteiger partial charge in [-0.25, -0.2) is 4.79 Å². The number of nitrogens with zero attached hydrogens (tertiary/aromatic N) is 1. The van der Waals surface area contributed by atoms with E-state index in [0.717, 1.165) is 11.3 Å². The summed E-state index contributed by atoms with van der Waals surface area (Å²) in [5.41, 5.74) is 3.23. The van der Waals surface area contributed by atoms with Crippen LogP contribution in [0.4, 0.5) is 0 Å². The van der Waals surface area contributed by atoms with Crippen LogP contribution in [0.2, 0.25) is 0 Å². The number of benzene rings is 2. The third kappa shape index (κ3) is 5.17. The minimum absolute atomic E-state index is 0.00879. The van der Waals surface area contributed by atoms with Crippen molar-refractivity contribution < 1.29 is 38.0 Å². The number of hydrogen-bond acceptors (Lipinski definition) is 9. The molecule has 9 heteroatoms. The lowest BCUT2D eigenvalue weighted by atomic mass is 9.66. The molecule has 1 aliphatic carbocycles. The summed E-state index contributed by atoms with van der Waals surface area (Å²) in [7, 11) is 7.50. The van der Waals surface area contributed by atoms with Gasteiger partial charge in [0.05, 0.1) is 53.6 Å². The Kier molecular flexibility index (Phi) is 8.47. The maximum Gasteiger partial charge on any atom is 0.336 e. The third-order valence-electron chi connectivity index (χ3n) is 7.36. The summed E-state index contributed by atoms with van der Waals surface area (Å²) in [6.45, 7) is 4.21. The summed E-state index contributed by atoms with van der Waals surface area (Å²) in [6.07, 6.45) is 0.843. The van der Waals surface area contributed by atoms with Crippen molar-refractivity contribution in [2.45, 2.75) is 38.5 Å². The Labute approximate surface area is 228 Å². The first-order valence-electron chi connectivity index (χ1n) is 12.8. The van der Waals surface area contributed by atoms with Gasteiger partial charge in [-0.15, -0.1) is 0 Å². The number of aliphatic imine (C=N–C) groups is 1. The zero-order chi connectivity index (χ0) is 28.3. The molecule has 0 bridgehead atoms. The molecule has 2 aliphatic rings. The topological polar surface area (TPSA) is 102 Å². The first-order chi connectivity index (χ1) is 18.8. The first-order valence-corrected chi connectivity index (χ1v) is 12.8. The summed E-state index contributed by atoms with van der Waals surface area (Å²) in [6, 6.07) is 9.32. The average molecular weight is 538 g/mol. The number of carbonyl (C=O) groups excluding carboxylic acids is 2. The summed E-state index contributed by atoms with van der Waals surface area (Å²) < 4.78 is 33.0. The molecule has 0 N–H and O–H groups in total. The second-order valence-electron chi connectivity index (χ2n) is 9.42. The van der Waals surface area contributed by atoms with Gasteiger partial charge in [-0.05, 0) is 61.6 Å². The Balaban J connectivity index is 1.81. The number of fused-ring (bicyclic) bond motifs is 1. The molecule has 1 aliphatic heterocycles. The Morgan fingerprint density at radius 2 is 1.49 bits per heavy atom. The molecule has 3 atom stereocenters. The SMILES string of the molecule is CCOc1ccc([C@@H]2CC(=O)C3C(=NC(C)=C(C(=O)OC)[C@@H]3c3cc(OC)c(OC)c(OC)c3)C2)cc1OC. The molecule has 9 nitrogen and oxygen atoms in total. The van der Waals surface area contributed by atoms with E-state index in [9.17, 15) is 9.59 Å². The molecule has 1 saturated carbocycles. The van der Waals surface area contributed by atoms with Gasteiger partial charge in [-0.1, -0.05) is 6.07 Å². The fourth-order valence-corrected chi connectivity index (χ4v) is 5.64. The summed E-state index contributed by atoms with van der Waals surface area (Å²) >= 11 is 0. The Hall–Kier alpha value is -4.01. The number of ketones is 1. The van der Waals surface area contributed by atoms with Gasteiger partial charge in [0.25, 0.3) is 0 Å². The van der Waals surface area contributed by atoms with Crippen molar-refractivity contribution in [2.75, 3.05) is 42.2 Å².